The van der Waals surface area contributed by atoms with Crippen LogP contribution in [0.25, 0.3) is 0 Å². The Kier molecular flexibility index (Phi) is 9.78. The summed E-state index contributed by atoms with van der Waals surface area (Å²) in [6.07, 6.45) is 9.30. The number of hydrogen-bond donors (Lipinski definition) is 1. The van der Waals surface area contributed by atoms with E-state index in [1.807, 2.05) is 6.07 Å². The van der Waals surface area contributed by atoms with Gasteiger partial charge in [-0.1, -0.05) is 69.7 Å². The topological polar surface area (TPSA) is 12.0 Å². The van der Waals surface area contributed by atoms with Gasteiger partial charge in [-0.2, -0.15) is 0 Å². The fourth-order valence-corrected chi connectivity index (χ4v) is 2.87. The Hall–Kier alpha value is -0.530. The summed E-state index contributed by atoms with van der Waals surface area (Å²) in [5.41, 5.74) is 1.37. The third-order valence-corrected chi connectivity index (χ3v) is 4.05. The highest BCUT2D eigenvalue weighted by Crippen LogP contribution is 2.19. The maximum Gasteiger partial charge on any atom is 0.0408 e. The molecule has 0 saturated carbocycles. The molecular formula is C18H30ClN. The molecule has 2 heteroatoms. The first-order chi connectivity index (χ1) is 9.76. The summed E-state index contributed by atoms with van der Waals surface area (Å²) in [5, 5.41) is 4.36. The molecule has 1 aromatic rings. The highest BCUT2D eigenvalue weighted by Gasteiger charge is 2.09. The minimum absolute atomic E-state index is 0.732. The molecular weight excluding hydrogens is 266 g/mol. The number of halogens is 1. The lowest BCUT2D eigenvalue weighted by Gasteiger charge is -2.17. The van der Waals surface area contributed by atoms with Gasteiger partial charge in [-0.3, -0.25) is 0 Å². The number of benzene rings is 1. The van der Waals surface area contributed by atoms with Crippen LogP contribution in [0.4, 0.5) is 0 Å². The summed E-state index contributed by atoms with van der Waals surface area (Å²) >= 11 is 6.08. The van der Waals surface area contributed by atoms with Crippen LogP contribution in [0.2, 0.25) is 5.02 Å². The van der Waals surface area contributed by atoms with Crippen molar-refractivity contribution in [1.29, 1.82) is 0 Å². The fourth-order valence-electron chi connectivity index (χ4n) is 2.66. The first kappa shape index (κ1) is 17.5. The highest BCUT2D eigenvalue weighted by molar-refractivity contribution is 6.30. The van der Waals surface area contributed by atoms with E-state index in [-0.39, 0.29) is 0 Å². The third-order valence-electron chi connectivity index (χ3n) is 3.81. The molecule has 0 aromatic heterocycles. The molecule has 1 N–H and O–H groups in total. The lowest BCUT2D eigenvalue weighted by molar-refractivity contribution is 0.424. The molecule has 1 rings (SSSR count). The summed E-state index contributed by atoms with van der Waals surface area (Å²) in [6.45, 7) is 6.63. The Morgan fingerprint density at radius 2 is 1.90 bits per heavy atom. The smallest absolute Gasteiger partial charge is 0.0408 e. The van der Waals surface area contributed by atoms with Gasteiger partial charge in [0.1, 0.15) is 0 Å². The molecule has 0 radical (unpaired) electrons. The molecule has 114 valence electrons. The SMILES string of the molecule is CCCCCCCC(CNCC)Cc1cccc(Cl)c1. The predicted molar refractivity (Wildman–Crippen MR) is 90.6 cm³/mol. The van der Waals surface area contributed by atoms with Gasteiger partial charge in [-0.15, -0.1) is 0 Å². The molecule has 1 atom stereocenters. The van der Waals surface area contributed by atoms with E-state index in [0.29, 0.717) is 0 Å². The summed E-state index contributed by atoms with van der Waals surface area (Å²) in [6, 6.07) is 8.32. The van der Waals surface area contributed by atoms with Crippen LogP contribution < -0.4 is 5.32 Å². The molecule has 1 unspecified atom stereocenters. The Balaban J connectivity index is 2.38. The van der Waals surface area contributed by atoms with Crippen LogP contribution in [0.3, 0.4) is 0 Å². The van der Waals surface area contributed by atoms with Crippen LogP contribution in [-0.4, -0.2) is 13.1 Å². The molecule has 0 saturated heterocycles. The number of hydrogen-bond acceptors (Lipinski definition) is 1. The third kappa shape index (κ3) is 7.91. The molecule has 20 heavy (non-hydrogen) atoms. The predicted octanol–water partition coefficient (Wildman–Crippen LogP) is 5.47. The van der Waals surface area contributed by atoms with Crippen molar-refractivity contribution in [1.82, 2.24) is 5.32 Å². The first-order valence-electron chi connectivity index (χ1n) is 8.21. The average Bonchev–Trinajstić information content (AvgIpc) is 2.44. The van der Waals surface area contributed by atoms with Crippen molar-refractivity contribution in [2.75, 3.05) is 13.1 Å². The van der Waals surface area contributed by atoms with E-state index in [4.69, 9.17) is 11.6 Å². The second kappa shape index (κ2) is 11.2. The Morgan fingerprint density at radius 1 is 1.10 bits per heavy atom. The van der Waals surface area contributed by atoms with E-state index in [9.17, 15) is 0 Å². The summed E-state index contributed by atoms with van der Waals surface area (Å²) in [4.78, 5) is 0. The lowest BCUT2D eigenvalue weighted by Crippen LogP contribution is -2.24. The molecule has 0 amide bonds. The summed E-state index contributed by atoms with van der Waals surface area (Å²) in [7, 11) is 0. The van der Waals surface area contributed by atoms with Gasteiger partial charge in [0, 0.05) is 5.02 Å². The zero-order valence-electron chi connectivity index (χ0n) is 13.1. The van der Waals surface area contributed by atoms with E-state index < -0.39 is 0 Å². The summed E-state index contributed by atoms with van der Waals surface area (Å²) < 4.78 is 0. The molecule has 0 heterocycles. The van der Waals surface area contributed by atoms with Crippen LogP contribution in [0, 0.1) is 5.92 Å². The number of nitrogens with one attached hydrogen (secondary N) is 1. The summed E-state index contributed by atoms with van der Waals surface area (Å²) in [5.74, 6) is 0.732. The van der Waals surface area contributed by atoms with Gasteiger partial charge < -0.3 is 5.32 Å². The molecule has 0 aliphatic rings. The number of unbranched alkanes of at least 4 members (excludes halogenated alkanes) is 4. The molecule has 0 bridgehead atoms. The molecule has 0 fully saturated rings. The van der Waals surface area contributed by atoms with Crippen molar-refractivity contribution in [3.8, 4) is 0 Å². The Bertz CT molecular complexity index is 351. The van der Waals surface area contributed by atoms with Gasteiger partial charge in [0.25, 0.3) is 0 Å². The maximum atomic E-state index is 6.08. The largest absolute Gasteiger partial charge is 0.317 e. The maximum absolute atomic E-state index is 6.08. The Morgan fingerprint density at radius 3 is 2.60 bits per heavy atom. The number of rotatable bonds is 11. The van der Waals surface area contributed by atoms with Crippen LogP contribution in [-0.2, 0) is 6.42 Å². The fraction of sp³-hybridized carbons (Fsp3) is 0.667. The minimum Gasteiger partial charge on any atom is -0.317 e. The zero-order chi connectivity index (χ0) is 14.6. The first-order valence-corrected chi connectivity index (χ1v) is 8.59. The van der Waals surface area contributed by atoms with Gasteiger partial charge in [0.2, 0.25) is 0 Å². The van der Waals surface area contributed by atoms with Crippen molar-refractivity contribution in [2.24, 2.45) is 5.92 Å². The van der Waals surface area contributed by atoms with Crippen LogP contribution >= 0.6 is 11.6 Å². The van der Waals surface area contributed by atoms with Crippen molar-refractivity contribution < 1.29 is 0 Å². The standard InChI is InChI=1S/C18H30ClN/c1-3-5-6-7-8-10-17(15-20-4-2)13-16-11-9-12-18(19)14-16/h9,11-12,14,17,20H,3-8,10,13,15H2,1-2H3. The van der Waals surface area contributed by atoms with E-state index in [1.54, 1.807) is 0 Å². The highest BCUT2D eigenvalue weighted by atomic mass is 35.5. The van der Waals surface area contributed by atoms with Crippen molar-refractivity contribution >= 4 is 11.6 Å². The monoisotopic (exact) mass is 295 g/mol. The Labute approximate surface area is 130 Å². The van der Waals surface area contributed by atoms with E-state index in [0.717, 1.165) is 30.5 Å². The zero-order valence-corrected chi connectivity index (χ0v) is 13.9. The van der Waals surface area contributed by atoms with Crippen LogP contribution in [0.5, 0.6) is 0 Å². The minimum atomic E-state index is 0.732. The van der Waals surface area contributed by atoms with E-state index in [1.165, 1.54) is 44.1 Å². The normalized spacial score (nSPS) is 12.6. The van der Waals surface area contributed by atoms with Gasteiger partial charge in [0.15, 0.2) is 0 Å². The molecule has 0 aliphatic heterocycles. The van der Waals surface area contributed by atoms with Crippen molar-refractivity contribution in [3.63, 3.8) is 0 Å². The van der Waals surface area contributed by atoms with Crippen LogP contribution in [0.15, 0.2) is 24.3 Å². The lowest BCUT2D eigenvalue weighted by atomic mass is 9.93. The molecule has 1 nitrogen and oxygen atoms in total. The van der Waals surface area contributed by atoms with Crippen molar-refractivity contribution in [2.45, 2.75) is 58.8 Å². The second-order valence-electron chi connectivity index (χ2n) is 5.71. The molecule has 0 spiro atoms. The second-order valence-corrected chi connectivity index (χ2v) is 6.15. The van der Waals surface area contributed by atoms with E-state index >= 15 is 0 Å². The van der Waals surface area contributed by atoms with Crippen LogP contribution in [0.1, 0.15) is 57.9 Å². The van der Waals surface area contributed by atoms with Crippen molar-refractivity contribution in [3.05, 3.63) is 34.9 Å². The quantitative estimate of drug-likeness (QED) is 0.534. The van der Waals surface area contributed by atoms with Gasteiger partial charge in [-0.05, 0) is 49.5 Å². The van der Waals surface area contributed by atoms with E-state index in [2.05, 4.69) is 37.4 Å². The van der Waals surface area contributed by atoms with Gasteiger partial charge in [-0.25, -0.2) is 0 Å². The van der Waals surface area contributed by atoms with Gasteiger partial charge in [0.05, 0.1) is 0 Å². The molecule has 0 aliphatic carbocycles. The molecule has 1 aromatic carbocycles. The van der Waals surface area contributed by atoms with Gasteiger partial charge >= 0.3 is 0 Å². The average molecular weight is 296 g/mol.